The van der Waals surface area contributed by atoms with Gasteiger partial charge in [0.05, 0.1) is 11.3 Å². The minimum atomic E-state index is -1.20. The third-order valence-corrected chi connectivity index (χ3v) is 5.12. The van der Waals surface area contributed by atoms with Crippen LogP contribution in [0.5, 0.6) is 0 Å². The Morgan fingerprint density at radius 3 is 2.05 bits per heavy atom. The molecule has 0 radical (unpaired) electrons. The number of amides is 1. The van der Waals surface area contributed by atoms with Crippen molar-refractivity contribution in [1.82, 2.24) is 5.32 Å². The predicted molar refractivity (Wildman–Crippen MR) is 79.5 cm³/mol. The van der Waals surface area contributed by atoms with Crippen molar-refractivity contribution in [3.63, 3.8) is 0 Å². The molecule has 0 aliphatic carbocycles. The van der Waals surface area contributed by atoms with Gasteiger partial charge in [0.25, 0.3) is 0 Å². The summed E-state index contributed by atoms with van der Waals surface area (Å²) in [6.45, 7) is 0. The Morgan fingerprint density at radius 1 is 0.900 bits per heavy atom. The SMILES string of the molecule is O=C1CS(=O)[C@H](c2ccccc2)[C@H](c2ccccc2)N1. The van der Waals surface area contributed by atoms with Crippen molar-refractivity contribution in [2.24, 2.45) is 0 Å². The minimum Gasteiger partial charge on any atom is -0.347 e. The summed E-state index contributed by atoms with van der Waals surface area (Å²) in [5.41, 5.74) is 1.99. The topological polar surface area (TPSA) is 46.2 Å². The zero-order chi connectivity index (χ0) is 13.9. The summed E-state index contributed by atoms with van der Waals surface area (Å²) >= 11 is 0. The van der Waals surface area contributed by atoms with Crippen LogP contribution in [0.25, 0.3) is 0 Å². The number of carbonyl (C=O) groups is 1. The molecule has 102 valence electrons. The molecule has 1 aliphatic rings. The standard InChI is InChI=1S/C16H15NO2S/c18-14-11-20(19)16(13-9-5-2-6-10-13)15(17-14)12-7-3-1-4-8-12/h1-10,15-16H,11H2,(H,17,18)/t15-,16+,20?/m0/s1. The van der Waals surface area contributed by atoms with Gasteiger partial charge in [0.2, 0.25) is 5.91 Å². The Hall–Kier alpha value is -1.94. The summed E-state index contributed by atoms with van der Waals surface area (Å²) in [5, 5.41) is 2.78. The molecule has 1 fully saturated rings. The normalized spacial score (nSPS) is 26.0. The predicted octanol–water partition coefficient (Wildman–Crippen LogP) is 2.35. The van der Waals surface area contributed by atoms with E-state index in [1.807, 2.05) is 60.7 Å². The van der Waals surface area contributed by atoms with Crippen molar-refractivity contribution in [3.8, 4) is 0 Å². The molecule has 2 aromatic carbocycles. The lowest BCUT2D eigenvalue weighted by atomic mass is 9.98. The highest BCUT2D eigenvalue weighted by atomic mass is 32.2. The zero-order valence-corrected chi connectivity index (χ0v) is 11.7. The van der Waals surface area contributed by atoms with Crippen LogP contribution in [0.1, 0.15) is 22.4 Å². The minimum absolute atomic E-state index is 0.0723. The Labute approximate surface area is 120 Å². The van der Waals surface area contributed by atoms with Gasteiger partial charge in [-0.05, 0) is 11.1 Å². The molecule has 1 heterocycles. The number of nitrogens with one attached hydrogen (secondary N) is 1. The van der Waals surface area contributed by atoms with Crippen molar-refractivity contribution < 1.29 is 9.00 Å². The summed E-state index contributed by atoms with van der Waals surface area (Å²) in [6, 6.07) is 19.2. The maximum atomic E-state index is 12.4. The quantitative estimate of drug-likeness (QED) is 0.920. The van der Waals surface area contributed by atoms with E-state index in [-0.39, 0.29) is 23.0 Å². The Balaban J connectivity index is 2.03. The van der Waals surface area contributed by atoms with E-state index in [2.05, 4.69) is 5.32 Å². The number of carbonyl (C=O) groups excluding carboxylic acids is 1. The van der Waals surface area contributed by atoms with Gasteiger partial charge in [0, 0.05) is 10.8 Å². The van der Waals surface area contributed by atoms with Crippen LogP contribution in [-0.4, -0.2) is 15.9 Å². The highest BCUT2D eigenvalue weighted by Crippen LogP contribution is 2.36. The molecule has 0 bridgehead atoms. The first-order valence-corrected chi connectivity index (χ1v) is 7.90. The molecule has 1 amide bonds. The van der Waals surface area contributed by atoms with Crippen molar-refractivity contribution in [2.45, 2.75) is 11.3 Å². The van der Waals surface area contributed by atoms with E-state index in [1.165, 1.54) is 0 Å². The van der Waals surface area contributed by atoms with Crippen molar-refractivity contribution in [3.05, 3.63) is 71.8 Å². The second-order valence-corrected chi connectivity index (χ2v) is 6.37. The monoisotopic (exact) mass is 285 g/mol. The zero-order valence-electron chi connectivity index (χ0n) is 10.9. The fourth-order valence-electron chi connectivity index (χ4n) is 2.57. The van der Waals surface area contributed by atoms with Gasteiger partial charge in [-0.3, -0.25) is 9.00 Å². The van der Waals surface area contributed by atoms with E-state index in [0.717, 1.165) is 11.1 Å². The molecule has 0 aromatic heterocycles. The molecular formula is C16H15NO2S. The van der Waals surface area contributed by atoms with Crippen LogP contribution in [0.2, 0.25) is 0 Å². The fourth-order valence-corrected chi connectivity index (χ4v) is 4.08. The molecule has 20 heavy (non-hydrogen) atoms. The largest absolute Gasteiger partial charge is 0.347 e. The lowest BCUT2D eigenvalue weighted by Crippen LogP contribution is -2.43. The lowest BCUT2D eigenvalue weighted by Gasteiger charge is -2.32. The maximum absolute atomic E-state index is 12.4. The number of hydrogen-bond acceptors (Lipinski definition) is 2. The molecule has 1 N–H and O–H groups in total. The van der Waals surface area contributed by atoms with Gasteiger partial charge in [-0.25, -0.2) is 0 Å². The number of hydrogen-bond donors (Lipinski definition) is 1. The highest BCUT2D eigenvalue weighted by molar-refractivity contribution is 7.86. The van der Waals surface area contributed by atoms with E-state index in [1.54, 1.807) is 0 Å². The molecule has 0 saturated carbocycles. The molecule has 1 saturated heterocycles. The first-order valence-electron chi connectivity index (χ1n) is 6.52. The summed E-state index contributed by atoms with van der Waals surface area (Å²) in [5.74, 6) is -0.0764. The second-order valence-electron chi connectivity index (χ2n) is 4.81. The van der Waals surface area contributed by atoms with Crippen LogP contribution in [-0.2, 0) is 15.6 Å². The number of benzene rings is 2. The van der Waals surface area contributed by atoms with Gasteiger partial charge < -0.3 is 5.32 Å². The molecule has 0 spiro atoms. The first-order chi connectivity index (χ1) is 9.75. The van der Waals surface area contributed by atoms with Gasteiger partial charge in [0.1, 0.15) is 5.75 Å². The van der Waals surface area contributed by atoms with Crippen LogP contribution < -0.4 is 5.32 Å². The third kappa shape index (κ3) is 2.51. The van der Waals surface area contributed by atoms with Crippen LogP contribution in [0.4, 0.5) is 0 Å². The second kappa shape index (κ2) is 5.59. The van der Waals surface area contributed by atoms with E-state index in [9.17, 15) is 9.00 Å². The van der Waals surface area contributed by atoms with Crippen molar-refractivity contribution >= 4 is 16.7 Å². The molecule has 1 unspecified atom stereocenters. The van der Waals surface area contributed by atoms with Gasteiger partial charge >= 0.3 is 0 Å². The van der Waals surface area contributed by atoms with E-state index in [0.29, 0.717) is 0 Å². The van der Waals surface area contributed by atoms with Gasteiger partial charge in [0.15, 0.2) is 0 Å². The van der Waals surface area contributed by atoms with E-state index >= 15 is 0 Å². The average molecular weight is 285 g/mol. The summed E-state index contributed by atoms with van der Waals surface area (Å²) in [6.07, 6.45) is 0. The molecule has 3 nitrogen and oxygen atoms in total. The van der Waals surface area contributed by atoms with Crippen LogP contribution in [0.3, 0.4) is 0 Å². The van der Waals surface area contributed by atoms with E-state index in [4.69, 9.17) is 0 Å². The van der Waals surface area contributed by atoms with Crippen LogP contribution in [0, 0.1) is 0 Å². The van der Waals surface area contributed by atoms with Crippen LogP contribution in [0.15, 0.2) is 60.7 Å². The Morgan fingerprint density at radius 2 is 1.45 bits per heavy atom. The van der Waals surface area contributed by atoms with Crippen LogP contribution >= 0.6 is 0 Å². The fraction of sp³-hybridized carbons (Fsp3) is 0.188. The molecular weight excluding hydrogens is 270 g/mol. The van der Waals surface area contributed by atoms with Gasteiger partial charge in [-0.1, -0.05) is 60.7 Å². The average Bonchev–Trinajstić information content (AvgIpc) is 2.48. The van der Waals surface area contributed by atoms with Crippen molar-refractivity contribution in [1.29, 1.82) is 0 Å². The first kappa shape index (κ1) is 13.1. The number of rotatable bonds is 2. The van der Waals surface area contributed by atoms with E-state index < -0.39 is 10.8 Å². The smallest absolute Gasteiger partial charge is 0.233 e. The molecule has 4 heteroatoms. The third-order valence-electron chi connectivity index (χ3n) is 3.46. The molecule has 2 aromatic rings. The van der Waals surface area contributed by atoms with Gasteiger partial charge in [-0.15, -0.1) is 0 Å². The molecule has 1 aliphatic heterocycles. The molecule has 3 atom stereocenters. The summed E-state index contributed by atoms with van der Waals surface area (Å²) in [7, 11) is -1.20. The summed E-state index contributed by atoms with van der Waals surface area (Å²) in [4.78, 5) is 11.7. The summed E-state index contributed by atoms with van der Waals surface area (Å²) < 4.78 is 12.4. The highest BCUT2D eigenvalue weighted by Gasteiger charge is 2.36. The Kier molecular flexibility index (Phi) is 3.65. The van der Waals surface area contributed by atoms with Gasteiger partial charge in [-0.2, -0.15) is 0 Å². The van der Waals surface area contributed by atoms with Crippen molar-refractivity contribution in [2.75, 3.05) is 5.75 Å². The maximum Gasteiger partial charge on any atom is 0.233 e. The Bertz CT molecular complexity index is 627. The molecule has 3 rings (SSSR count). The lowest BCUT2D eigenvalue weighted by molar-refractivity contribution is -0.119.